The molecule has 1 N–H and O–H groups in total. The molecule has 2 rings (SSSR count). The van der Waals surface area contributed by atoms with Crippen molar-refractivity contribution in [2.75, 3.05) is 13.1 Å². The predicted octanol–water partition coefficient (Wildman–Crippen LogP) is 2.86. The molecular formula is C15H21BrN4. The molecule has 0 aliphatic carbocycles. The normalized spacial score (nSPS) is 11.0. The standard InChI is InChI=1S/C15H21BrN4/c1-4-17-6-5-15-11(2)19-20(12(15)3)10-13-7-14(16)9-18-8-13/h7-9,17H,4-6,10H2,1-3H3. The minimum atomic E-state index is 0.764. The van der Waals surface area contributed by atoms with Gasteiger partial charge in [0.2, 0.25) is 0 Å². The Morgan fingerprint density at radius 3 is 2.80 bits per heavy atom. The molecule has 0 saturated carbocycles. The van der Waals surface area contributed by atoms with Gasteiger partial charge in [-0.2, -0.15) is 5.10 Å². The van der Waals surface area contributed by atoms with Crippen molar-refractivity contribution >= 4 is 15.9 Å². The molecule has 4 nitrogen and oxygen atoms in total. The Morgan fingerprint density at radius 1 is 1.30 bits per heavy atom. The van der Waals surface area contributed by atoms with Gasteiger partial charge in [0, 0.05) is 22.6 Å². The summed E-state index contributed by atoms with van der Waals surface area (Å²) in [7, 11) is 0. The molecule has 2 aromatic rings. The van der Waals surface area contributed by atoms with E-state index in [2.05, 4.69) is 62.8 Å². The fourth-order valence-corrected chi connectivity index (χ4v) is 2.77. The SMILES string of the molecule is CCNCCc1c(C)nn(Cc2cncc(Br)c2)c1C. The molecule has 20 heavy (non-hydrogen) atoms. The number of aryl methyl sites for hydroxylation is 1. The van der Waals surface area contributed by atoms with Gasteiger partial charge in [0.1, 0.15) is 0 Å². The zero-order chi connectivity index (χ0) is 14.5. The lowest BCUT2D eigenvalue weighted by Gasteiger charge is -2.06. The largest absolute Gasteiger partial charge is 0.317 e. The Bertz CT molecular complexity index is 577. The first-order chi connectivity index (χ1) is 9.61. The van der Waals surface area contributed by atoms with Crippen LogP contribution in [-0.2, 0) is 13.0 Å². The van der Waals surface area contributed by atoms with Crippen molar-refractivity contribution in [2.24, 2.45) is 0 Å². The molecule has 0 aliphatic heterocycles. The van der Waals surface area contributed by atoms with Crippen LogP contribution in [0.25, 0.3) is 0 Å². The second kappa shape index (κ2) is 6.99. The maximum Gasteiger partial charge on any atom is 0.0678 e. The second-order valence-electron chi connectivity index (χ2n) is 4.92. The van der Waals surface area contributed by atoms with E-state index in [1.54, 1.807) is 6.20 Å². The topological polar surface area (TPSA) is 42.7 Å². The summed E-state index contributed by atoms with van der Waals surface area (Å²) >= 11 is 3.46. The number of nitrogens with one attached hydrogen (secondary N) is 1. The molecule has 5 heteroatoms. The summed E-state index contributed by atoms with van der Waals surface area (Å²) in [4.78, 5) is 4.20. The van der Waals surface area contributed by atoms with Crippen LogP contribution in [0.1, 0.15) is 29.4 Å². The second-order valence-corrected chi connectivity index (χ2v) is 5.84. The van der Waals surface area contributed by atoms with Crippen LogP contribution < -0.4 is 5.32 Å². The first-order valence-corrected chi connectivity index (χ1v) is 7.74. The van der Waals surface area contributed by atoms with Crippen LogP contribution in [0.5, 0.6) is 0 Å². The van der Waals surface area contributed by atoms with Gasteiger partial charge in [-0.1, -0.05) is 6.92 Å². The van der Waals surface area contributed by atoms with E-state index in [1.165, 1.54) is 11.3 Å². The summed E-state index contributed by atoms with van der Waals surface area (Å²) in [5.74, 6) is 0. The number of nitrogens with zero attached hydrogens (tertiary/aromatic N) is 3. The number of likely N-dealkylation sites (N-methyl/N-ethyl adjacent to an activating group) is 1. The van der Waals surface area contributed by atoms with Crippen molar-refractivity contribution in [1.82, 2.24) is 20.1 Å². The van der Waals surface area contributed by atoms with Gasteiger partial charge in [-0.3, -0.25) is 9.67 Å². The number of pyridine rings is 1. The summed E-state index contributed by atoms with van der Waals surface area (Å²) in [6, 6.07) is 2.09. The molecular weight excluding hydrogens is 316 g/mol. The molecule has 0 aromatic carbocycles. The van der Waals surface area contributed by atoms with Crippen LogP contribution in [0.2, 0.25) is 0 Å². The van der Waals surface area contributed by atoms with Crippen molar-refractivity contribution in [2.45, 2.75) is 33.7 Å². The Hall–Kier alpha value is -1.20. The summed E-state index contributed by atoms with van der Waals surface area (Å²) in [6.07, 6.45) is 4.72. The zero-order valence-corrected chi connectivity index (χ0v) is 13.9. The molecule has 0 aliphatic rings. The monoisotopic (exact) mass is 336 g/mol. The Balaban J connectivity index is 2.15. The molecule has 2 heterocycles. The number of hydrogen-bond donors (Lipinski definition) is 1. The number of halogens is 1. The van der Waals surface area contributed by atoms with E-state index in [0.717, 1.165) is 41.8 Å². The fourth-order valence-electron chi connectivity index (χ4n) is 2.36. The van der Waals surface area contributed by atoms with E-state index in [9.17, 15) is 0 Å². The fraction of sp³-hybridized carbons (Fsp3) is 0.467. The van der Waals surface area contributed by atoms with Crippen molar-refractivity contribution in [1.29, 1.82) is 0 Å². The highest BCUT2D eigenvalue weighted by molar-refractivity contribution is 9.10. The van der Waals surface area contributed by atoms with Gasteiger partial charge < -0.3 is 5.32 Å². The van der Waals surface area contributed by atoms with E-state index in [4.69, 9.17) is 0 Å². The van der Waals surface area contributed by atoms with Gasteiger partial charge in [-0.25, -0.2) is 0 Å². The van der Waals surface area contributed by atoms with E-state index in [-0.39, 0.29) is 0 Å². The maximum absolute atomic E-state index is 4.66. The van der Waals surface area contributed by atoms with Crippen LogP contribution >= 0.6 is 15.9 Å². The molecule has 0 radical (unpaired) electrons. The molecule has 0 spiro atoms. The highest BCUT2D eigenvalue weighted by Crippen LogP contribution is 2.16. The summed E-state index contributed by atoms with van der Waals surface area (Å²) in [5.41, 5.74) is 4.89. The van der Waals surface area contributed by atoms with E-state index in [0.29, 0.717) is 0 Å². The Morgan fingerprint density at radius 2 is 2.10 bits per heavy atom. The minimum absolute atomic E-state index is 0.764. The lowest BCUT2D eigenvalue weighted by atomic mass is 10.1. The third-order valence-electron chi connectivity index (χ3n) is 3.43. The van der Waals surface area contributed by atoms with Crippen molar-refractivity contribution < 1.29 is 0 Å². The van der Waals surface area contributed by atoms with Crippen molar-refractivity contribution in [3.8, 4) is 0 Å². The maximum atomic E-state index is 4.66. The van der Waals surface area contributed by atoms with E-state index < -0.39 is 0 Å². The molecule has 0 amide bonds. The van der Waals surface area contributed by atoms with Gasteiger partial charge in [-0.15, -0.1) is 0 Å². The van der Waals surface area contributed by atoms with Crippen molar-refractivity contribution in [3.05, 3.63) is 45.4 Å². The van der Waals surface area contributed by atoms with Gasteiger partial charge in [0.25, 0.3) is 0 Å². The number of rotatable bonds is 6. The molecule has 0 unspecified atom stereocenters. The van der Waals surface area contributed by atoms with Crippen LogP contribution in [0.15, 0.2) is 22.9 Å². The lowest BCUT2D eigenvalue weighted by Crippen LogP contribution is -2.16. The molecule has 0 fully saturated rings. The van der Waals surface area contributed by atoms with Crippen molar-refractivity contribution in [3.63, 3.8) is 0 Å². The van der Waals surface area contributed by atoms with Crippen LogP contribution in [0, 0.1) is 13.8 Å². The highest BCUT2D eigenvalue weighted by atomic mass is 79.9. The highest BCUT2D eigenvalue weighted by Gasteiger charge is 2.11. The summed E-state index contributed by atoms with van der Waals surface area (Å²) < 4.78 is 3.07. The van der Waals surface area contributed by atoms with Gasteiger partial charge >= 0.3 is 0 Å². The van der Waals surface area contributed by atoms with Gasteiger partial charge in [0.05, 0.1) is 12.2 Å². The smallest absolute Gasteiger partial charge is 0.0678 e. The van der Waals surface area contributed by atoms with E-state index >= 15 is 0 Å². The molecule has 2 aromatic heterocycles. The van der Waals surface area contributed by atoms with E-state index in [1.807, 2.05) is 6.20 Å². The van der Waals surface area contributed by atoms with Crippen LogP contribution in [0.3, 0.4) is 0 Å². The Labute approximate surface area is 128 Å². The summed E-state index contributed by atoms with van der Waals surface area (Å²) in [6.45, 7) is 9.14. The van der Waals surface area contributed by atoms with Crippen LogP contribution in [0.4, 0.5) is 0 Å². The third kappa shape index (κ3) is 3.67. The first kappa shape index (κ1) is 15.2. The molecule has 0 bridgehead atoms. The quantitative estimate of drug-likeness (QED) is 0.825. The first-order valence-electron chi connectivity index (χ1n) is 6.94. The minimum Gasteiger partial charge on any atom is -0.317 e. The molecule has 108 valence electrons. The third-order valence-corrected chi connectivity index (χ3v) is 3.86. The molecule has 0 atom stereocenters. The molecule has 0 saturated heterocycles. The number of hydrogen-bond acceptors (Lipinski definition) is 3. The average molecular weight is 337 g/mol. The predicted molar refractivity (Wildman–Crippen MR) is 85.0 cm³/mol. The summed E-state index contributed by atoms with van der Waals surface area (Å²) in [5, 5.41) is 8.02. The van der Waals surface area contributed by atoms with Gasteiger partial charge in [0.15, 0.2) is 0 Å². The average Bonchev–Trinajstić information content (AvgIpc) is 2.66. The number of aromatic nitrogens is 3. The Kier molecular flexibility index (Phi) is 5.31. The van der Waals surface area contributed by atoms with Gasteiger partial charge in [-0.05, 0) is 66.5 Å². The zero-order valence-electron chi connectivity index (χ0n) is 12.3. The van der Waals surface area contributed by atoms with Crippen LogP contribution in [-0.4, -0.2) is 27.9 Å². The lowest BCUT2D eigenvalue weighted by molar-refractivity contribution is 0.654.